The summed E-state index contributed by atoms with van der Waals surface area (Å²) in [7, 11) is -1.13. The molecule has 0 bridgehead atoms. The first-order chi connectivity index (χ1) is 12.4. The number of carbonyl (C=O) groups is 2. The van der Waals surface area contributed by atoms with Gasteiger partial charge < -0.3 is 10.1 Å². The lowest BCUT2D eigenvalue weighted by Crippen LogP contribution is -2.30. The van der Waals surface area contributed by atoms with Crippen LogP contribution >= 0.6 is 0 Å². The van der Waals surface area contributed by atoms with Crippen molar-refractivity contribution in [3.63, 3.8) is 0 Å². The molecule has 0 aliphatic rings. The Morgan fingerprint density at radius 2 is 1.73 bits per heavy atom. The number of hydrogen-bond donors (Lipinski definition) is 1. The van der Waals surface area contributed by atoms with Crippen LogP contribution in [0.1, 0.15) is 35.3 Å². The summed E-state index contributed by atoms with van der Waals surface area (Å²) in [6, 6.07) is 11.3. The van der Waals surface area contributed by atoms with Gasteiger partial charge in [0.25, 0.3) is 5.91 Å². The number of amides is 1. The van der Waals surface area contributed by atoms with E-state index < -0.39 is 34.5 Å². The lowest BCUT2D eigenvalue weighted by Gasteiger charge is -2.19. The Morgan fingerprint density at radius 1 is 1.12 bits per heavy atom. The average Bonchev–Trinajstić information content (AvgIpc) is 2.62. The zero-order valence-corrected chi connectivity index (χ0v) is 15.3. The van der Waals surface area contributed by atoms with Crippen molar-refractivity contribution in [3.8, 4) is 0 Å². The van der Waals surface area contributed by atoms with Crippen LogP contribution in [-0.2, 0) is 20.3 Å². The largest absolute Gasteiger partial charge is 0.466 e. The van der Waals surface area contributed by atoms with Crippen LogP contribution in [0.3, 0.4) is 0 Å². The number of hydrogen-bond acceptors (Lipinski definition) is 4. The molecular weight excluding hydrogens is 357 g/mol. The highest BCUT2D eigenvalue weighted by Crippen LogP contribution is 2.19. The summed E-state index contributed by atoms with van der Waals surface area (Å²) >= 11 is 0. The second-order valence-corrected chi connectivity index (χ2v) is 6.94. The summed E-state index contributed by atoms with van der Waals surface area (Å²) in [4.78, 5) is 25.0. The Morgan fingerprint density at radius 3 is 2.27 bits per heavy atom. The highest BCUT2D eigenvalue weighted by Gasteiger charge is 2.20. The summed E-state index contributed by atoms with van der Waals surface area (Å²) in [6.07, 6.45) is 1.49. The number of ether oxygens (including phenoxy) is 1. The molecular formula is C19H20FNO4S. The molecule has 0 saturated carbocycles. The summed E-state index contributed by atoms with van der Waals surface area (Å²) in [5.74, 6) is -1.26. The molecule has 138 valence electrons. The second-order valence-electron chi connectivity index (χ2n) is 5.57. The van der Waals surface area contributed by atoms with Gasteiger partial charge in [0.1, 0.15) is 5.82 Å². The van der Waals surface area contributed by atoms with E-state index in [9.17, 15) is 18.2 Å². The molecule has 2 rings (SSSR count). The molecule has 0 aliphatic carbocycles. The first-order valence-corrected chi connectivity index (χ1v) is 9.62. The predicted molar refractivity (Wildman–Crippen MR) is 96.6 cm³/mol. The Balaban J connectivity index is 2.18. The zero-order chi connectivity index (χ0) is 19.1. The minimum absolute atomic E-state index is 0.0672. The van der Waals surface area contributed by atoms with Crippen LogP contribution < -0.4 is 5.32 Å². The maximum atomic E-state index is 13.2. The number of halogens is 1. The van der Waals surface area contributed by atoms with E-state index in [0.717, 1.165) is 0 Å². The zero-order valence-electron chi connectivity index (χ0n) is 14.5. The molecule has 0 aromatic heterocycles. The smallest absolute Gasteiger partial charge is 0.308 e. The van der Waals surface area contributed by atoms with E-state index in [1.54, 1.807) is 37.4 Å². The van der Waals surface area contributed by atoms with Crippen molar-refractivity contribution in [2.45, 2.75) is 24.3 Å². The molecule has 2 unspecified atom stereocenters. The Labute approximate surface area is 154 Å². The average molecular weight is 377 g/mol. The summed E-state index contributed by atoms with van der Waals surface area (Å²) in [5.41, 5.74) is 0.967. The summed E-state index contributed by atoms with van der Waals surface area (Å²) in [6.45, 7) is 1.93. The first-order valence-electron chi connectivity index (χ1n) is 8.06. The third-order valence-electron chi connectivity index (χ3n) is 3.70. The highest BCUT2D eigenvalue weighted by atomic mass is 32.2. The number of benzene rings is 2. The van der Waals surface area contributed by atoms with Gasteiger partial charge in [-0.3, -0.25) is 13.8 Å². The van der Waals surface area contributed by atoms with E-state index in [2.05, 4.69) is 5.32 Å². The van der Waals surface area contributed by atoms with E-state index in [1.807, 2.05) is 0 Å². The van der Waals surface area contributed by atoms with E-state index in [0.29, 0.717) is 16.0 Å². The molecule has 7 heteroatoms. The van der Waals surface area contributed by atoms with Crippen LogP contribution in [0.4, 0.5) is 4.39 Å². The van der Waals surface area contributed by atoms with Gasteiger partial charge in [-0.05, 0) is 48.9 Å². The molecule has 0 saturated heterocycles. The number of rotatable bonds is 7. The van der Waals surface area contributed by atoms with Gasteiger partial charge >= 0.3 is 5.97 Å². The number of esters is 1. The van der Waals surface area contributed by atoms with Crippen molar-refractivity contribution in [2.75, 3.05) is 12.9 Å². The van der Waals surface area contributed by atoms with Gasteiger partial charge in [-0.15, -0.1) is 0 Å². The van der Waals surface area contributed by atoms with Gasteiger partial charge in [0.05, 0.1) is 19.1 Å². The molecule has 0 fully saturated rings. The standard InChI is InChI=1S/C19H20FNO4S/c1-3-25-18(22)12-17(13-4-8-15(20)9-5-13)21-19(23)14-6-10-16(11-7-14)26(2)24/h4-11,17H,3,12H2,1-2H3,(H,21,23). The minimum atomic E-state index is -1.13. The molecule has 0 radical (unpaired) electrons. The summed E-state index contributed by atoms with van der Waals surface area (Å²) < 4.78 is 29.5. The van der Waals surface area contributed by atoms with Crippen LogP contribution in [0.2, 0.25) is 0 Å². The van der Waals surface area contributed by atoms with Crippen molar-refractivity contribution in [3.05, 3.63) is 65.5 Å². The molecule has 0 spiro atoms. The monoisotopic (exact) mass is 377 g/mol. The lowest BCUT2D eigenvalue weighted by atomic mass is 10.0. The Kier molecular flexibility index (Phi) is 7.03. The minimum Gasteiger partial charge on any atom is -0.466 e. The maximum absolute atomic E-state index is 13.2. The molecule has 5 nitrogen and oxygen atoms in total. The summed E-state index contributed by atoms with van der Waals surface area (Å²) in [5, 5.41) is 2.77. The number of nitrogens with one attached hydrogen (secondary N) is 1. The van der Waals surface area contributed by atoms with Crippen molar-refractivity contribution in [1.82, 2.24) is 5.32 Å². The highest BCUT2D eigenvalue weighted by molar-refractivity contribution is 7.84. The molecule has 2 aromatic carbocycles. The fourth-order valence-electron chi connectivity index (χ4n) is 2.37. The SMILES string of the molecule is CCOC(=O)CC(NC(=O)c1ccc(S(C)=O)cc1)c1ccc(F)cc1. The quantitative estimate of drug-likeness (QED) is 0.753. The topological polar surface area (TPSA) is 72.5 Å². The fourth-order valence-corrected chi connectivity index (χ4v) is 2.89. The van der Waals surface area contributed by atoms with E-state index in [4.69, 9.17) is 4.74 Å². The third-order valence-corrected chi connectivity index (χ3v) is 4.64. The van der Waals surface area contributed by atoms with Crippen molar-refractivity contribution in [2.24, 2.45) is 0 Å². The van der Waals surface area contributed by atoms with Crippen LogP contribution in [0.25, 0.3) is 0 Å². The molecule has 1 amide bonds. The van der Waals surface area contributed by atoms with Gasteiger partial charge in [-0.1, -0.05) is 12.1 Å². The van der Waals surface area contributed by atoms with E-state index in [1.165, 1.54) is 24.3 Å². The number of carbonyl (C=O) groups excluding carboxylic acids is 2. The third kappa shape index (κ3) is 5.49. The van der Waals surface area contributed by atoms with E-state index in [-0.39, 0.29) is 13.0 Å². The van der Waals surface area contributed by atoms with Crippen LogP contribution in [0, 0.1) is 5.82 Å². The van der Waals surface area contributed by atoms with Gasteiger partial charge in [0.15, 0.2) is 0 Å². The van der Waals surface area contributed by atoms with Crippen molar-refractivity contribution >= 4 is 22.7 Å². The van der Waals surface area contributed by atoms with E-state index >= 15 is 0 Å². The second kappa shape index (κ2) is 9.24. The predicted octanol–water partition coefficient (Wildman–Crippen LogP) is 2.99. The van der Waals surface area contributed by atoms with Crippen molar-refractivity contribution in [1.29, 1.82) is 0 Å². The fraction of sp³-hybridized carbons (Fsp3) is 0.263. The lowest BCUT2D eigenvalue weighted by molar-refractivity contribution is -0.143. The molecule has 26 heavy (non-hydrogen) atoms. The van der Waals surface area contributed by atoms with Gasteiger partial charge in [0.2, 0.25) is 0 Å². The van der Waals surface area contributed by atoms with Crippen LogP contribution in [-0.4, -0.2) is 28.9 Å². The molecule has 2 aromatic rings. The van der Waals surface area contributed by atoms with Gasteiger partial charge in [-0.2, -0.15) is 0 Å². The molecule has 0 heterocycles. The Hall–Kier alpha value is -2.54. The first kappa shape index (κ1) is 19.8. The van der Waals surface area contributed by atoms with Crippen molar-refractivity contribution < 1.29 is 22.9 Å². The van der Waals surface area contributed by atoms with Crippen LogP contribution in [0.15, 0.2) is 53.4 Å². The van der Waals surface area contributed by atoms with Gasteiger partial charge in [0, 0.05) is 27.5 Å². The molecule has 1 N–H and O–H groups in total. The normalized spacial score (nSPS) is 12.9. The van der Waals surface area contributed by atoms with Crippen LogP contribution in [0.5, 0.6) is 0 Å². The van der Waals surface area contributed by atoms with Gasteiger partial charge in [-0.25, -0.2) is 4.39 Å². The Bertz CT molecular complexity index is 790. The maximum Gasteiger partial charge on any atom is 0.308 e. The molecule has 2 atom stereocenters. The molecule has 0 aliphatic heterocycles.